The molecule has 1 heterocycles. The molecule has 1 aromatic rings. The van der Waals surface area contributed by atoms with Crippen molar-refractivity contribution in [1.82, 2.24) is 4.90 Å². The van der Waals surface area contributed by atoms with Gasteiger partial charge in [0.25, 0.3) is 0 Å². The number of rotatable bonds is 3. The number of fused-ring (bicyclic) bond motifs is 1. The SMILES string of the molecule is CCC(O)CN1CCc2cccc(Br)c2C1. The second kappa shape index (κ2) is 5.30. The third kappa shape index (κ3) is 2.65. The average molecular weight is 284 g/mol. The highest BCUT2D eigenvalue weighted by Crippen LogP contribution is 2.26. The molecule has 16 heavy (non-hydrogen) atoms. The lowest BCUT2D eigenvalue weighted by atomic mass is 9.99. The van der Waals surface area contributed by atoms with Crippen LogP contribution in [0.15, 0.2) is 22.7 Å². The van der Waals surface area contributed by atoms with Crippen molar-refractivity contribution in [3.8, 4) is 0 Å². The monoisotopic (exact) mass is 283 g/mol. The van der Waals surface area contributed by atoms with Crippen LogP contribution in [-0.2, 0) is 13.0 Å². The Balaban J connectivity index is 2.08. The molecule has 1 N–H and O–H groups in total. The zero-order valence-corrected chi connectivity index (χ0v) is 11.2. The highest BCUT2D eigenvalue weighted by atomic mass is 79.9. The summed E-state index contributed by atoms with van der Waals surface area (Å²) in [6.07, 6.45) is 1.73. The first-order valence-electron chi connectivity index (χ1n) is 5.87. The molecule has 1 aliphatic rings. The molecule has 1 aliphatic heterocycles. The van der Waals surface area contributed by atoms with Crippen molar-refractivity contribution in [1.29, 1.82) is 0 Å². The zero-order valence-electron chi connectivity index (χ0n) is 9.62. The van der Waals surface area contributed by atoms with E-state index in [-0.39, 0.29) is 6.10 Å². The number of halogens is 1. The van der Waals surface area contributed by atoms with Gasteiger partial charge < -0.3 is 5.11 Å². The summed E-state index contributed by atoms with van der Waals surface area (Å²) in [5.74, 6) is 0. The maximum absolute atomic E-state index is 9.67. The smallest absolute Gasteiger partial charge is 0.0664 e. The van der Waals surface area contributed by atoms with Crippen LogP contribution in [0, 0.1) is 0 Å². The third-order valence-corrected chi connectivity index (χ3v) is 3.98. The first-order valence-corrected chi connectivity index (χ1v) is 6.66. The summed E-state index contributed by atoms with van der Waals surface area (Å²) < 4.78 is 1.20. The first-order chi connectivity index (χ1) is 7.70. The minimum Gasteiger partial charge on any atom is -0.392 e. The lowest BCUT2D eigenvalue weighted by Crippen LogP contribution is -2.36. The molecule has 1 aromatic carbocycles. The van der Waals surface area contributed by atoms with E-state index in [1.54, 1.807) is 0 Å². The summed E-state index contributed by atoms with van der Waals surface area (Å²) in [5, 5.41) is 9.67. The predicted octanol–water partition coefficient (Wildman–Crippen LogP) is 2.58. The number of β-amino-alcohol motifs (C(OH)–C–C–N with tert-alkyl or cyclic N) is 1. The van der Waals surface area contributed by atoms with Crippen LogP contribution < -0.4 is 0 Å². The van der Waals surface area contributed by atoms with Gasteiger partial charge in [-0.25, -0.2) is 0 Å². The van der Waals surface area contributed by atoms with Crippen LogP contribution in [0.5, 0.6) is 0 Å². The molecule has 1 unspecified atom stereocenters. The molecule has 3 heteroatoms. The largest absolute Gasteiger partial charge is 0.392 e. The Morgan fingerprint density at radius 3 is 3.06 bits per heavy atom. The molecule has 1 atom stereocenters. The van der Waals surface area contributed by atoms with Gasteiger partial charge in [-0.3, -0.25) is 4.90 Å². The van der Waals surface area contributed by atoms with Crippen molar-refractivity contribution in [2.75, 3.05) is 13.1 Å². The van der Waals surface area contributed by atoms with Gasteiger partial charge in [0.05, 0.1) is 6.10 Å². The molecule has 88 valence electrons. The van der Waals surface area contributed by atoms with Gasteiger partial charge in [-0.15, -0.1) is 0 Å². The lowest BCUT2D eigenvalue weighted by Gasteiger charge is -2.30. The molecule has 0 aromatic heterocycles. The molecule has 0 amide bonds. The Morgan fingerprint density at radius 2 is 2.31 bits per heavy atom. The Kier molecular flexibility index (Phi) is 4.00. The standard InChI is InChI=1S/C13H18BrNO/c1-2-11(16)8-15-7-6-10-4-3-5-13(14)12(10)9-15/h3-5,11,16H,2,6-9H2,1H3. The van der Waals surface area contributed by atoms with E-state index in [1.165, 1.54) is 15.6 Å². The van der Waals surface area contributed by atoms with Gasteiger partial charge in [0, 0.05) is 24.1 Å². The second-order valence-electron chi connectivity index (χ2n) is 4.42. The molecule has 0 spiro atoms. The summed E-state index contributed by atoms with van der Waals surface area (Å²) in [5.41, 5.74) is 2.83. The summed E-state index contributed by atoms with van der Waals surface area (Å²) in [6.45, 7) is 4.82. The van der Waals surface area contributed by atoms with Crippen LogP contribution in [-0.4, -0.2) is 29.2 Å². The Hall–Kier alpha value is -0.380. The minimum atomic E-state index is -0.191. The van der Waals surface area contributed by atoms with E-state index in [1.807, 2.05) is 6.92 Å². The molecule has 0 saturated heterocycles. The van der Waals surface area contributed by atoms with Crippen LogP contribution >= 0.6 is 15.9 Å². The number of benzene rings is 1. The van der Waals surface area contributed by atoms with Crippen molar-refractivity contribution in [2.24, 2.45) is 0 Å². The van der Waals surface area contributed by atoms with E-state index in [4.69, 9.17) is 0 Å². The number of nitrogens with zero attached hydrogens (tertiary/aromatic N) is 1. The number of aliphatic hydroxyl groups is 1. The summed E-state index contributed by atoms with van der Waals surface area (Å²) in [7, 11) is 0. The molecular weight excluding hydrogens is 266 g/mol. The fourth-order valence-corrected chi connectivity index (χ4v) is 2.71. The second-order valence-corrected chi connectivity index (χ2v) is 5.28. The molecule has 0 fully saturated rings. The number of aliphatic hydroxyl groups excluding tert-OH is 1. The number of hydrogen-bond donors (Lipinski definition) is 1. The van der Waals surface area contributed by atoms with Gasteiger partial charge in [-0.2, -0.15) is 0 Å². The molecule has 2 nitrogen and oxygen atoms in total. The lowest BCUT2D eigenvalue weighted by molar-refractivity contribution is 0.102. The van der Waals surface area contributed by atoms with E-state index in [0.717, 1.165) is 32.5 Å². The van der Waals surface area contributed by atoms with Gasteiger partial charge in [-0.1, -0.05) is 35.0 Å². The zero-order chi connectivity index (χ0) is 11.5. The molecule has 2 rings (SSSR count). The van der Waals surface area contributed by atoms with Crippen molar-refractivity contribution < 1.29 is 5.11 Å². The quantitative estimate of drug-likeness (QED) is 0.922. The van der Waals surface area contributed by atoms with Crippen LogP contribution in [0.3, 0.4) is 0 Å². The topological polar surface area (TPSA) is 23.5 Å². The maximum Gasteiger partial charge on any atom is 0.0664 e. The number of hydrogen-bond acceptors (Lipinski definition) is 2. The molecule has 0 aliphatic carbocycles. The van der Waals surface area contributed by atoms with E-state index in [0.29, 0.717) is 0 Å². The summed E-state index contributed by atoms with van der Waals surface area (Å²) in [6, 6.07) is 6.39. The Morgan fingerprint density at radius 1 is 1.50 bits per heavy atom. The van der Waals surface area contributed by atoms with E-state index in [9.17, 15) is 5.11 Å². The third-order valence-electron chi connectivity index (χ3n) is 3.24. The predicted molar refractivity (Wildman–Crippen MR) is 69.4 cm³/mol. The average Bonchev–Trinajstić information content (AvgIpc) is 2.30. The van der Waals surface area contributed by atoms with E-state index < -0.39 is 0 Å². The van der Waals surface area contributed by atoms with Crippen molar-refractivity contribution in [3.63, 3.8) is 0 Å². The van der Waals surface area contributed by atoms with Gasteiger partial charge in [0.15, 0.2) is 0 Å². The van der Waals surface area contributed by atoms with E-state index >= 15 is 0 Å². The van der Waals surface area contributed by atoms with E-state index in [2.05, 4.69) is 39.0 Å². The fourth-order valence-electron chi connectivity index (χ4n) is 2.18. The Labute approximate surface area is 105 Å². The highest BCUT2D eigenvalue weighted by Gasteiger charge is 2.19. The van der Waals surface area contributed by atoms with Gasteiger partial charge >= 0.3 is 0 Å². The maximum atomic E-state index is 9.67. The van der Waals surface area contributed by atoms with Crippen molar-refractivity contribution in [2.45, 2.75) is 32.4 Å². The van der Waals surface area contributed by atoms with Crippen molar-refractivity contribution >= 4 is 15.9 Å². The molecule has 0 radical (unpaired) electrons. The van der Waals surface area contributed by atoms with Crippen LogP contribution in [0.25, 0.3) is 0 Å². The summed E-state index contributed by atoms with van der Waals surface area (Å²) >= 11 is 3.60. The Bertz CT molecular complexity index is 367. The van der Waals surface area contributed by atoms with Crippen LogP contribution in [0.1, 0.15) is 24.5 Å². The van der Waals surface area contributed by atoms with Crippen molar-refractivity contribution in [3.05, 3.63) is 33.8 Å². The minimum absolute atomic E-state index is 0.191. The van der Waals surface area contributed by atoms with Gasteiger partial charge in [0.1, 0.15) is 0 Å². The fraction of sp³-hybridized carbons (Fsp3) is 0.538. The normalized spacial score (nSPS) is 18.2. The highest BCUT2D eigenvalue weighted by molar-refractivity contribution is 9.10. The first kappa shape index (κ1) is 12.1. The molecule has 0 bridgehead atoms. The van der Waals surface area contributed by atoms with Crippen LogP contribution in [0.4, 0.5) is 0 Å². The molecule has 0 saturated carbocycles. The summed E-state index contributed by atoms with van der Waals surface area (Å²) in [4.78, 5) is 2.33. The molecular formula is C13H18BrNO. The van der Waals surface area contributed by atoms with Gasteiger partial charge in [0.2, 0.25) is 0 Å². The van der Waals surface area contributed by atoms with Gasteiger partial charge in [-0.05, 0) is 30.0 Å². The van der Waals surface area contributed by atoms with Crippen LogP contribution in [0.2, 0.25) is 0 Å².